The van der Waals surface area contributed by atoms with E-state index >= 15 is 0 Å². The van der Waals surface area contributed by atoms with Gasteiger partial charge in [-0.05, 0) is 72.5 Å². The van der Waals surface area contributed by atoms with E-state index in [1.54, 1.807) is 47.4 Å². The minimum absolute atomic E-state index is 0.0210. The number of carbonyl (C=O) groups excluding carboxylic acids is 1. The molecule has 1 aliphatic rings. The second-order valence-electron chi connectivity index (χ2n) is 8.68. The zero-order chi connectivity index (χ0) is 24.9. The van der Waals surface area contributed by atoms with Gasteiger partial charge in [0, 0.05) is 6.54 Å². The molecule has 5 rings (SSSR count). The highest BCUT2D eigenvalue weighted by Gasteiger charge is 2.43. The third-order valence-electron chi connectivity index (χ3n) is 6.57. The third-order valence-corrected chi connectivity index (χ3v) is 6.57. The number of carbonyl (C=O) groups is 1. The maximum Gasteiger partial charge on any atom is 0.291 e. The quantitative estimate of drug-likeness (QED) is 0.393. The number of aryl methyl sites for hydroxylation is 2. The molecule has 1 unspecified atom stereocenters. The summed E-state index contributed by atoms with van der Waals surface area (Å²) in [5, 5.41) is 0.425. The van der Waals surface area contributed by atoms with Crippen LogP contribution in [0.4, 0.5) is 4.39 Å². The van der Waals surface area contributed by atoms with Gasteiger partial charge in [-0.15, -0.1) is 0 Å². The number of hydrogen-bond donors (Lipinski definition) is 0. The number of fused-ring (bicyclic) bond motifs is 2. The van der Waals surface area contributed by atoms with E-state index in [1.165, 1.54) is 26.4 Å². The van der Waals surface area contributed by atoms with Crippen molar-refractivity contribution < 1.29 is 23.1 Å². The lowest BCUT2D eigenvalue weighted by molar-refractivity contribution is 0.0714. The maximum atomic E-state index is 13.8. The first-order valence-electron chi connectivity index (χ1n) is 11.2. The lowest BCUT2D eigenvalue weighted by Crippen LogP contribution is -2.29. The Kier molecular flexibility index (Phi) is 5.55. The molecule has 0 bridgehead atoms. The lowest BCUT2D eigenvalue weighted by atomic mass is 9.97. The van der Waals surface area contributed by atoms with Crippen molar-refractivity contribution in [3.63, 3.8) is 0 Å². The van der Waals surface area contributed by atoms with Gasteiger partial charge >= 0.3 is 0 Å². The first-order valence-corrected chi connectivity index (χ1v) is 11.2. The van der Waals surface area contributed by atoms with E-state index in [9.17, 15) is 14.0 Å². The number of hydrogen-bond acceptors (Lipinski definition) is 5. The zero-order valence-electron chi connectivity index (χ0n) is 19.8. The molecule has 0 fully saturated rings. The lowest BCUT2D eigenvalue weighted by Gasteiger charge is -2.26. The summed E-state index contributed by atoms with van der Waals surface area (Å²) in [7, 11) is 3.07. The highest BCUT2D eigenvalue weighted by molar-refractivity contribution is 5.99. The van der Waals surface area contributed by atoms with Gasteiger partial charge in [-0.2, -0.15) is 0 Å². The van der Waals surface area contributed by atoms with E-state index in [-0.39, 0.29) is 29.1 Å². The van der Waals surface area contributed by atoms with Crippen LogP contribution in [-0.2, 0) is 6.54 Å². The van der Waals surface area contributed by atoms with E-state index in [1.807, 2.05) is 13.8 Å². The fraction of sp³-hybridized carbons (Fsp3) is 0.214. The van der Waals surface area contributed by atoms with Crippen LogP contribution in [0, 0.1) is 19.7 Å². The SMILES string of the molecule is COc1ccc(C2c3c(oc4cc(C)c(C)cc4c3=O)C(=O)N2Cc2ccc(F)cc2)cc1OC. The summed E-state index contributed by atoms with van der Waals surface area (Å²) in [6.45, 7) is 4.02. The maximum absolute atomic E-state index is 13.8. The molecule has 178 valence electrons. The van der Waals surface area contributed by atoms with Crippen molar-refractivity contribution in [2.24, 2.45) is 0 Å². The number of benzene rings is 3. The van der Waals surface area contributed by atoms with Crippen LogP contribution in [0.5, 0.6) is 11.5 Å². The molecule has 0 spiro atoms. The Labute approximate surface area is 201 Å². The highest BCUT2D eigenvalue weighted by atomic mass is 19.1. The summed E-state index contributed by atoms with van der Waals surface area (Å²) in [5.74, 6) is 0.260. The smallest absolute Gasteiger partial charge is 0.291 e. The van der Waals surface area contributed by atoms with Gasteiger partial charge in [-0.1, -0.05) is 18.2 Å². The minimum Gasteiger partial charge on any atom is -0.493 e. The molecule has 0 saturated carbocycles. The van der Waals surface area contributed by atoms with Crippen molar-refractivity contribution in [2.45, 2.75) is 26.4 Å². The average Bonchev–Trinajstić information content (AvgIpc) is 3.13. The average molecular weight is 474 g/mol. The standard InChI is InChI=1S/C28H24FNO5/c1-15-11-20-22(12-16(15)2)35-27-24(26(20)31)25(18-7-10-21(33-3)23(13-18)34-4)30(28(27)32)14-17-5-8-19(29)9-6-17/h5-13,25H,14H2,1-4H3. The Bertz CT molecular complexity index is 1520. The highest BCUT2D eigenvalue weighted by Crippen LogP contribution is 2.41. The van der Waals surface area contributed by atoms with Gasteiger partial charge in [0.05, 0.1) is 31.2 Å². The zero-order valence-corrected chi connectivity index (χ0v) is 19.8. The van der Waals surface area contributed by atoms with E-state index in [0.717, 1.165) is 16.7 Å². The molecule has 7 heteroatoms. The van der Waals surface area contributed by atoms with Crippen LogP contribution in [-0.4, -0.2) is 25.0 Å². The van der Waals surface area contributed by atoms with Gasteiger partial charge in [0.15, 0.2) is 16.9 Å². The Morgan fingerprint density at radius 2 is 1.60 bits per heavy atom. The molecule has 35 heavy (non-hydrogen) atoms. The van der Waals surface area contributed by atoms with Crippen molar-refractivity contribution in [1.29, 1.82) is 0 Å². The first kappa shape index (κ1) is 22.7. The van der Waals surface area contributed by atoms with Crippen LogP contribution in [0.25, 0.3) is 11.0 Å². The van der Waals surface area contributed by atoms with E-state index in [2.05, 4.69) is 0 Å². The monoisotopic (exact) mass is 473 g/mol. The molecule has 1 aromatic heterocycles. The Hall–Kier alpha value is -4.13. The van der Waals surface area contributed by atoms with Gasteiger partial charge in [0.25, 0.3) is 5.91 Å². The molecular weight excluding hydrogens is 449 g/mol. The topological polar surface area (TPSA) is 69.0 Å². The summed E-state index contributed by atoms with van der Waals surface area (Å²) in [6, 6.07) is 14.1. The first-order chi connectivity index (χ1) is 16.8. The molecule has 0 aliphatic carbocycles. The van der Waals surface area contributed by atoms with Crippen molar-refractivity contribution >= 4 is 16.9 Å². The van der Waals surface area contributed by atoms with Crippen LogP contribution >= 0.6 is 0 Å². The van der Waals surface area contributed by atoms with Crippen LogP contribution in [0.3, 0.4) is 0 Å². The summed E-state index contributed by atoms with van der Waals surface area (Å²) in [5.41, 5.74) is 3.72. The van der Waals surface area contributed by atoms with Crippen molar-refractivity contribution in [3.05, 3.63) is 104 Å². The summed E-state index contributed by atoms with van der Waals surface area (Å²) < 4.78 is 30.4. The molecule has 1 aliphatic heterocycles. The molecule has 2 heterocycles. The van der Waals surface area contributed by atoms with E-state index in [4.69, 9.17) is 13.9 Å². The third kappa shape index (κ3) is 3.73. The molecule has 4 aromatic rings. The number of methoxy groups -OCH3 is 2. The van der Waals surface area contributed by atoms with Crippen molar-refractivity contribution in [3.8, 4) is 11.5 Å². The predicted molar refractivity (Wildman–Crippen MR) is 130 cm³/mol. The van der Waals surface area contributed by atoms with E-state index in [0.29, 0.717) is 28.0 Å². The van der Waals surface area contributed by atoms with Gasteiger partial charge < -0.3 is 18.8 Å². The van der Waals surface area contributed by atoms with Gasteiger partial charge in [-0.25, -0.2) is 4.39 Å². The molecule has 1 amide bonds. The largest absolute Gasteiger partial charge is 0.493 e. The number of ether oxygens (including phenoxy) is 2. The Morgan fingerprint density at radius 1 is 0.914 bits per heavy atom. The van der Waals surface area contributed by atoms with E-state index < -0.39 is 11.9 Å². The normalized spacial score (nSPS) is 14.9. The molecule has 3 aromatic carbocycles. The van der Waals surface area contributed by atoms with Crippen LogP contribution in [0.1, 0.15) is 44.4 Å². The number of nitrogens with zero attached hydrogens (tertiary/aromatic N) is 1. The summed E-state index contributed by atoms with van der Waals surface area (Å²) in [4.78, 5) is 29.0. The predicted octanol–water partition coefficient (Wildman–Crippen LogP) is 5.31. The summed E-state index contributed by atoms with van der Waals surface area (Å²) in [6.07, 6.45) is 0. The van der Waals surface area contributed by atoms with Crippen LogP contribution in [0.15, 0.2) is 63.8 Å². The van der Waals surface area contributed by atoms with Crippen LogP contribution < -0.4 is 14.9 Å². The Morgan fingerprint density at radius 3 is 2.29 bits per heavy atom. The number of rotatable bonds is 5. The summed E-state index contributed by atoms with van der Waals surface area (Å²) >= 11 is 0. The fourth-order valence-corrected chi connectivity index (χ4v) is 4.59. The fourth-order valence-electron chi connectivity index (χ4n) is 4.59. The second kappa shape index (κ2) is 8.58. The Balaban J connectivity index is 1.74. The molecule has 0 radical (unpaired) electrons. The van der Waals surface area contributed by atoms with Gasteiger partial charge in [0.1, 0.15) is 11.4 Å². The molecular formula is C28H24FNO5. The van der Waals surface area contributed by atoms with Crippen molar-refractivity contribution in [2.75, 3.05) is 14.2 Å². The van der Waals surface area contributed by atoms with Crippen molar-refractivity contribution in [1.82, 2.24) is 4.90 Å². The molecule has 1 atom stereocenters. The van der Waals surface area contributed by atoms with Gasteiger partial charge in [-0.3, -0.25) is 9.59 Å². The van der Waals surface area contributed by atoms with Crippen LogP contribution in [0.2, 0.25) is 0 Å². The molecule has 6 nitrogen and oxygen atoms in total. The minimum atomic E-state index is -0.718. The number of halogens is 1. The molecule has 0 saturated heterocycles. The molecule has 0 N–H and O–H groups in total. The number of amides is 1. The second-order valence-corrected chi connectivity index (χ2v) is 8.68. The van der Waals surface area contributed by atoms with Gasteiger partial charge in [0.2, 0.25) is 5.76 Å².